The standard InChI is InChI=1S/C11H16NO4P/c12-10(11(13)14)6-7-17(15,16)8-9-4-2-1-3-5-9/h1-5,10H,6-8,12H2,(H,13,14)(H,15,16). The third kappa shape index (κ3) is 5.13. The molecule has 94 valence electrons. The van der Waals surface area contributed by atoms with Gasteiger partial charge in [0.2, 0.25) is 7.37 Å². The van der Waals surface area contributed by atoms with Crippen molar-refractivity contribution in [3.8, 4) is 0 Å². The van der Waals surface area contributed by atoms with E-state index in [0.29, 0.717) is 0 Å². The molecule has 1 aromatic carbocycles. The molecule has 0 bridgehead atoms. The maximum atomic E-state index is 11.8. The van der Waals surface area contributed by atoms with Crippen molar-refractivity contribution in [1.29, 1.82) is 0 Å². The van der Waals surface area contributed by atoms with Crippen LogP contribution in [0, 0.1) is 0 Å². The molecule has 1 rings (SSSR count). The van der Waals surface area contributed by atoms with E-state index in [1.54, 1.807) is 24.3 Å². The third-order valence-corrected chi connectivity index (χ3v) is 4.20. The van der Waals surface area contributed by atoms with Gasteiger partial charge in [-0.25, -0.2) is 0 Å². The Morgan fingerprint density at radius 2 is 1.94 bits per heavy atom. The van der Waals surface area contributed by atoms with Gasteiger partial charge in [-0.05, 0) is 12.0 Å². The van der Waals surface area contributed by atoms with Gasteiger partial charge in [0.05, 0.1) is 0 Å². The Morgan fingerprint density at radius 1 is 1.35 bits per heavy atom. The maximum absolute atomic E-state index is 11.8. The molecule has 0 saturated heterocycles. The summed E-state index contributed by atoms with van der Waals surface area (Å²) in [5.41, 5.74) is 6.05. The summed E-state index contributed by atoms with van der Waals surface area (Å²) in [5.74, 6) is -1.15. The lowest BCUT2D eigenvalue weighted by Gasteiger charge is -2.13. The predicted octanol–water partition coefficient (Wildman–Crippen LogP) is 1.26. The molecule has 2 atom stereocenters. The van der Waals surface area contributed by atoms with Crippen molar-refractivity contribution in [2.45, 2.75) is 18.6 Å². The van der Waals surface area contributed by atoms with Gasteiger partial charge in [-0.2, -0.15) is 0 Å². The molecule has 0 spiro atoms. The van der Waals surface area contributed by atoms with E-state index >= 15 is 0 Å². The first-order valence-electron chi connectivity index (χ1n) is 5.24. The largest absolute Gasteiger partial charge is 0.480 e. The van der Waals surface area contributed by atoms with Crippen LogP contribution in [-0.2, 0) is 15.5 Å². The molecule has 1 aromatic rings. The van der Waals surface area contributed by atoms with Crippen LogP contribution in [0.25, 0.3) is 0 Å². The Morgan fingerprint density at radius 3 is 2.47 bits per heavy atom. The Kier molecular flexibility index (Phi) is 4.87. The smallest absolute Gasteiger partial charge is 0.320 e. The number of hydrogen-bond acceptors (Lipinski definition) is 3. The molecule has 17 heavy (non-hydrogen) atoms. The minimum atomic E-state index is -3.35. The van der Waals surface area contributed by atoms with E-state index < -0.39 is 19.4 Å². The first kappa shape index (κ1) is 13.9. The first-order valence-corrected chi connectivity index (χ1v) is 7.27. The molecule has 0 aliphatic carbocycles. The molecule has 0 heterocycles. The lowest BCUT2D eigenvalue weighted by atomic mass is 10.2. The van der Waals surface area contributed by atoms with Crippen LogP contribution in [0.15, 0.2) is 30.3 Å². The van der Waals surface area contributed by atoms with Crippen molar-refractivity contribution in [1.82, 2.24) is 0 Å². The van der Waals surface area contributed by atoms with E-state index in [4.69, 9.17) is 10.8 Å². The van der Waals surface area contributed by atoms with Gasteiger partial charge < -0.3 is 15.7 Å². The zero-order valence-corrected chi connectivity index (χ0v) is 10.2. The van der Waals surface area contributed by atoms with Gasteiger partial charge in [-0.15, -0.1) is 0 Å². The zero-order chi connectivity index (χ0) is 12.9. The van der Waals surface area contributed by atoms with E-state index in [0.717, 1.165) is 5.56 Å². The van der Waals surface area contributed by atoms with Crippen LogP contribution >= 0.6 is 7.37 Å². The molecule has 0 aliphatic rings. The maximum Gasteiger partial charge on any atom is 0.320 e. The number of hydrogen-bond donors (Lipinski definition) is 3. The minimum absolute atomic E-state index is 0.00987. The average molecular weight is 257 g/mol. The molecule has 6 heteroatoms. The Labute approximate surface area is 99.7 Å². The molecule has 0 fully saturated rings. The summed E-state index contributed by atoms with van der Waals surface area (Å²) in [4.78, 5) is 20.2. The molecular formula is C11H16NO4P. The summed E-state index contributed by atoms with van der Waals surface area (Å²) < 4.78 is 11.8. The normalized spacial score (nSPS) is 16.1. The summed E-state index contributed by atoms with van der Waals surface area (Å²) in [7, 11) is -3.35. The van der Waals surface area contributed by atoms with Gasteiger partial charge >= 0.3 is 5.97 Å². The minimum Gasteiger partial charge on any atom is -0.480 e. The summed E-state index contributed by atoms with van der Waals surface area (Å²) in [6.45, 7) is 0. The Bertz CT molecular complexity index is 421. The summed E-state index contributed by atoms with van der Waals surface area (Å²) >= 11 is 0. The highest BCUT2D eigenvalue weighted by Gasteiger charge is 2.22. The second-order valence-electron chi connectivity index (χ2n) is 3.95. The molecule has 5 nitrogen and oxygen atoms in total. The van der Waals surface area contributed by atoms with Crippen molar-refractivity contribution < 1.29 is 19.4 Å². The van der Waals surface area contributed by atoms with E-state index in [1.807, 2.05) is 6.07 Å². The molecule has 0 aromatic heterocycles. The Balaban J connectivity index is 2.52. The highest BCUT2D eigenvalue weighted by molar-refractivity contribution is 7.57. The monoisotopic (exact) mass is 257 g/mol. The highest BCUT2D eigenvalue weighted by atomic mass is 31.2. The van der Waals surface area contributed by atoms with Crippen molar-refractivity contribution in [3.63, 3.8) is 0 Å². The molecule has 4 N–H and O–H groups in total. The topological polar surface area (TPSA) is 101 Å². The van der Waals surface area contributed by atoms with E-state index in [2.05, 4.69) is 0 Å². The number of carbonyl (C=O) groups is 1. The molecule has 0 saturated carbocycles. The summed E-state index contributed by atoms with van der Waals surface area (Å²) in [6.07, 6.45) is -0.00845. The highest BCUT2D eigenvalue weighted by Crippen LogP contribution is 2.45. The van der Waals surface area contributed by atoms with Crippen LogP contribution in [0.4, 0.5) is 0 Å². The van der Waals surface area contributed by atoms with Gasteiger partial charge in [0.25, 0.3) is 0 Å². The van der Waals surface area contributed by atoms with Gasteiger partial charge in [-0.3, -0.25) is 9.36 Å². The SMILES string of the molecule is NC(CCP(=O)(O)Cc1ccccc1)C(=O)O. The third-order valence-electron chi connectivity index (χ3n) is 2.38. The van der Waals surface area contributed by atoms with Crippen molar-refractivity contribution in [2.24, 2.45) is 5.73 Å². The van der Waals surface area contributed by atoms with Gasteiger partial charge in [-0.1, -0.05) is 30.3 Å². The quantitative estimate of drug-likeness (QED) is 0.666. The van der Waals surface area contributed by atoms with Crippen molar-refractivity contribution >= 4 is 13.3 Å². The first-order chi connectivity index (χ1) is 7.91. The Hall–Kier alpha value is -1.16. The number of nitrogens with two attached hydrogens (primary N) is 1. The van der Waals surface area contributed by atoms with Crippen LogP contribution < -0.4 is 5.73 Å². The number of rotatable bonds is 6. The van der Waals surface area contributed by atoms with Gasteiger partial charge in [0.1, 0.15) is 6.04 Å². The fraction of sp³-hybridized carbons (Fsp3) is 0.364. The lowest BCUT2D eigenvalue weighted by Crippen LogP contribution is -2.30. The van der Waals surface area contributed by atoms with Gasteiger partial charge in [0, 0.05) is 12.3 Å². The van der Waals surface area contributed by atoms with Crippen LogP contribution in [0.1, 0.15) is 12.0 Å². The van der Waals surface area contributed by atoms with Crippen LogP contribution in [0.3, 0.4) is 0 Å². The van der Waals surface area contributed by atoms with E-state index in [1.165, 1.54) is 0 Å². The molecule has 0 radical (unpaired) electrons. The second-order valence-corrected chi connectivity index (χ2v) is 6.40. The molecule has 0 amide bonds. The molecular weight excluding hydrogens is 241 g/mol. The summed E-state index contributed by atoms with van der Waals surface area (Å²) in [6, 6.07) is 7.86. The fourth-order valence-corrected chi connectivity index (χ4v) is 3.03. The fourth-order valence-electron chi connectivity index (χ4n) is 1.41. The van der Waals surface area contributed by atoms with Crippen LogP contribution in [0.5, 0.6) is 0 Å². The molecule has 2 unspecified atom stereocenters. The number of carboxylic acids is 1. The molecule has 0 aliphatic heterocycles. The van der Waals surface area contributed by atoms with Crippen LogP contribution in [0.2, 0.25) is 0 Å². The number of aliphatic carboxylic acids is 1. The van der Waals surface area contributed by atoms with Gasteiger partial charge in [0.15, 0.2) is 0 Å². The number of carboxylic acid groups (broad SMARTS) is 1. The number of benzene rings is 1. The van der Waals surface area contributed by atoms with Crippen LogP contribution in [-0.4, -0.2) is 28.2 Å². The van der Waals surface area contributed by atoms with E-state index in [9.17, 15) is 14.3 Å². The second kappa shape index (κ2) is 5.96. The van der Waals surface area contributed by atoms with Crippen molar-refractivity contribution in [2.75, 3.05) is 6.16 Å². The predicted molar refractivity (Wildman–Crippen MR) is 65.1 cm³/mol. The lowest BCUT2D eigenvalue weighted by molar-refractivity contribution is -0.138. The average Bonchev–Trinajstić information content (AvgIpc) is 2.26. The van der Waals surface area contributed by atoms with E-state index in [-0.39, 0.29) is 18.7 Å². The zero-order valence-electron chi connectivity index (χ0n) is 9.32. The van der Waals surface area contributed by atoms with Crippen molar-refractivity contribution in [3.05, 3.63) is 35.9 Å². The summed E-state index contributed by atoms with van der Waals surface area (Å²) in [5, 5.41) is 8.57.